The van der Waals surface area contributed by atoms with E-state index in [1.165, 1.54) is 15.0 Å². The molecule has 2 heterocycles. The quantitative estimate of drug-likeness (QED) is 0.200. The highest BCUT2D eigenvalue weighted by molar-refractivity contribution is 9.10. The van der Waals surface area contributed by atoms with Crippen LogP contribution in [-0.2, 0) is 17.6 Å². The minimum atomic E-state index is -0.390. The number of hydrogen-bond donors (Lipinski definition) is 1. The molecule has 0 spiro atoms. The minimum Gasteiger partial charge on any atom is -0.497 e. The van der Waals surface area contributed by atoms with Gasteiger partial charge in [0.25, 0.3) is 0 Å². The van der Waals surface area contributed by atoms with E-state index in [-0.39, 0.29) is 24.3 Å². The van der Waals surface area contributed by atoms with Crippen LogP contribution in [0.15, 0.2) is 86.4 Å². The molecule has 1 aromatic heterocycles. The van der Waals surface area contributed by atoms with Gasteiger partial charge in [0.05, 0.1) is 25.0 Å². The van der Waals surface area contributed by atoms with E-state index in [0.717, 1.165) is 51.9 Å². The van der Waals surface area contributed by atoms with Crippen molar-refractivity contribution in [2.24, 2.45) is 21.1 Å². The number of methoxy groups -OCH3 is 1. The van der Waals surface area contributed by atoms with Crippen LogP contribution in [-0.4, -0.2) is 36.7 Å². The number of nitrogens with zero attached hydrogens (tertiary/aromatic N) is 3. The molecule has 0 aliphatic carbocycles. The second kappa shape index (κ2) is 14.6. The molecule has 2 atom stereocenters. The Labute approximate surface area is 276 Å². The SMILES string of the molecule is CCC1Cc2ccc(OC)cc2C(c2ccc(Cl)cc2)N=C(CC(=O)NCCc2cc3cc(Br)ccc3s2)/C(C)=N\N=C\1C. The molecule has 0 saturated heterocycles. The van der Waals surface area contributed by atoms with E-state index in [2.05, 4.69) is 74.8 Å². The third-order valence-electron chi connectivity index (χ3n) is 7.99. The number of hydrogen-bond acceptors (Lipinski definition) is 6. The van der Waals surface area contributed by atoms with Crippen molar-refractivity contribution in [1.82, 2.24) is 5.32 Å². The Morgan fingerprint density at radius 3 is 2.61 bits per heavy atom. The van der Waals surface area contributed by atoms with Gasteiger partial charge in [-0.1, -0.05) is 52.7 Å². The van der Waals surface area contributed by atoms with E-state index in [4.69, 9.17) is 21.3 Å². The molecule has 1 aliphatic heterocycles. The second-order valence-electron chi connectivity index (χ2n) is 11.0. The summed E-state index contributed by atoms with van der Waals surface area (Å²) in [5.41, 5.74) is 5.33. The highest BCUT2D eigenvalue weighted by Gasteiger charge is 2.24. The molecule has 0 saturated carbocycles. The molecule has 2 unspecified atom stereocenters. The van der Waals surface area contributed by atoms with Gasteiger partial charge in [0.2, 0.25) is 5.91 Å². The zero-order valence-electron chi connectivity index (χ0n) is 25.4. The number of rotatable bonds is 8. The number of thiophene rings is 1. The molecule has 5 rings (SSSR count). The lowest BCUT2D eigenvalue weighted by atomic mass is 9.87. The van der Waals surface area contributed by atoms with Gasteiger partial charge in [0.15, 0.2) is 0 Å². The fourth-order valence-electron chi connectivity index (χ4n) is 5.41. The lowest BCUT2D eigenvalue weighted by Gasteiger charge is -2.22. The third kappa shape index (κ3) is 7.84. The maximum atomic E-state index is 13.4. The Kier molecular flexibility index (Phi) is 10.7. The fraction of sp³-hybridized carbons (Fsp3) is 0.314. The van der Waals surface area contributed by atoms with E-state index in [9.17, 15) is 4.79 Å². The predicted octanol–water partition coefficient (Wildman–Crippen LogP) is 9.02. The first-order chi connectivity index (χ1) is 21.2. The van der Waals surface area contributed by atoms with Gasteiger partial charge in [0, 0.05) is 37.2 Å². The Bertz CT molecular complexity index is 1750. The molecule has 3 aromatic carbocycles. The van der Waals surface area contributed by atoms with Gasteiger partial charge in [-0.2, -0.15) is 10.2 Å². The van der Waals surface area contributed by atoms with Crippen molar-refractivity contribution in [3.63, 3.8) is 0 Å². The summed E-state index contributed by atoms with van der Waals surface area (Å²) in [6.45, 7) is 6.61. The summed E-state index contributed by atoms with van der Waals surface area (Å²) in [7, 11) is 1.67. The van der Waals surface area contributed by atoms with Crippen LogP contribution in [0.25, 0.3) is 10.1 Å². The maximum absolute atomic E-state index is 13.4. The maximum Gasteiger partial charge on any atom is 0.226 e. The Morgan fingerprint density at radius 2 is 1.86 bits per heavy atom. The van der Waals surface area contributed by atoms with Gasteiger partial charge in [-0.05, 0) is 104 Å². The van der Waals surface area contributed by atoms with Gasteiger partial charge in [-0.3, -0.25) is 9.79 Å². The molecule has 0 fully saturated rings. The largest absolute Gasteiger partial charge is 0.497 e. The minimum absolute atomic E-state index is 0.0872. The summed E-state index contributed by atoms with van der Waals surface area (Å²) in [5, 5.41) is 14.2. The van der Waals surface area contributed by atoms with E-state index in [1.807, 2.05) is 44.2 Å². The fourth-order valence-corrected chi connectivity index (χ4v) is 6.96. The highest BCUT2D eigenvalue weighted by Crippen LogP contribution is 2.35. The first kappa shape index (κ1) is 32.1. The van der Waals surface area contributed by atoms with Crippen LogP contribution >= 0.6 is 38.9 Å². The first-order valence-corrected chi connectivity index (χ1v) is 16.8. The zero-order chi connectivity index (χ0) is 31.2. The standard InChI is InChI=1S/C35H36BrClN4O2S/c1-5-23-16-25-8-12-29(43-4)19-31(25)35(24-6-10-28(37)11-7-24)39-32(22(3)41-40-21(23)2)20-34(42)38-15-14-30-18-26-17-27(36)9-13-33(26)44-30/h6-13,17-19,23,35H,5,14-16,20H2,1-4H3,(H,38,42)/b39-32?,40-21+,41-22-. The molecular weight excluding hydrogens is 656 g/mol. The topological polar surface area (TPSA) is 75.4 Å². The first-order valence-electron chi connectivity index (χ1n) is 14.8. The van der Waals surface area contributed by atoms with Crippen LogP contribution in [0.5, 0.6) is 5.75 Å². The summed E-state index contributed by atoms with van der Waals surface area (Å²) >= 11 is 11.6. The molecule has 1 aliphatic rings. The number of halogens is 2. The number of amides is 1. The predicted molar refractivity (Wildman–Crippen MR) is 188 cm³/mol. The van der Waals surface area contributed by atoms with Gasteiger partial charge in [0.1, 0.15) is 11.8 Å². The average molecular weight is 692 g/mol. The number of carbonyl (C=O) groups is 1. The molecule has 1 N–H and O–H groups in total. The molecule has 9 heteroatoms. The van der Waals surface area contributed by atoms with Crippen LogP contribution in [0, 0.1) is 5.92 Å². The van der Waals surface area contributed by atoms with Crippen molar-refractivity contribution in [1.29, 1.82) is 0 Å². The highest BCUT2D eigenvalue weighted by atomic mass is 79.9. The Balaban J connectivity index is 1.48. The van der Waals surface area contributed by atoms with Gasteiger partial charge in [-0.25, -0.2) is 0 Å². The van der Waals surface area contributed by atoms with Crippen molar-refractivity contribution in [3.8, 4) is 5.75 Å². The molecule has 228 valence electrons. The van der Waals surface area contributed by atoms with Crippen LogP contribution in [0.4, 0.5) is 0 Å². The monoisotopic (exact) mass is 690 g/mol. The van der Waals surface area contributed by atoms with E-state index >= 15 is 0 Å². The second-order valence-corrected chi connectivity index (χ2v) is 13.5. The van der Waals surface area contributed by atoms with E-state index in [1.54, 1.807) is 18.4 Å². The molecule has 44 heavy (non-hydrogen) atoms. The van der Waals surface area contributed by atoms with Crippen LogP contribution < -0.4 is 10.1 Å². The van der Waals surface area contributed by atoms with Gasteiger partial charge >= 0.3 is 0 Å². The number of fused-ring (bicyclic) bond motifs is 2. The summed E-state index contributed by atoms with van der Waals surface area (Å²) < 4.78 is 7.94. The van der Waals surface area contributed by atoms with Gasteiger partial charge in [-0.15, -0.1) is 11.3 Å². The lowest BCUT2D eigenvalue weighted by Crippen LogP contribution is -2.29. The smallest absolute Gasteiger partial charge is 0.226 e. The van der Waals surface area contributed by atoms with E-state index < -0.39 is 0 Å². The number of benzene rings is 3. The molecule has 0 radical (unpaired) electrons. The zero-order valence-corrected chi connectivity index (χ0v) is 28.5. The van der Waals surface area contributed by atoms with Crippen molar-refractivity contribution < 1.29 is 9.53 Å². The van der Waals surface area contributed by atoms with Crippen molar-refractivity contribution in [2.45, 2.75) is 52.5 Å². The van der Waals surface area contributed by atoms with Crippen LogP contribution in [0.3, 0.4) is 0 Å². The lowest BCUT2D eigenvalue weighted by molar-refractivity contribution is -0.119. The molecule has 6 nitrogen and oxygen atoms in total. The van der Waals surface area contributed by atoms with Crippen molar-refractivity contribution >= 4 is 72.0 Å². The van der Waals surface area contributed by atoms with Gasteiger partial charge < -0.3 is 10.1 Å². The van der Waals surface area contributed by atoms with Crippen LogP contribution in [0.2, 0.25) is 5.02 Å². The average Bonchev–Trinajstić information content (AvgIpc) is 3.42. The summed E-state index contributed by atoms with van der Waals surface area (Å²) in [6.07, 6.45) is 2.56. The molecular formula is C35H36BrClN4O2S. The number of aliphatic imine (C=N–C) groups is 1. The Morgan fingerprint density at radius 1 is 1.07 bits per heavy atom. The molecule has 1 amide bonds. The third-order valence-corrected chi connectivity index (χ3v) is 9.92. The summed E-state index contributed by atoms with van der Waals surface area (Å²) in [4.78, 5) is 19.8. The van der Waals surface area contributed by atoms with E-state index in [0.29, 0.717) is 23.0 Å². The number of nitrogens with one attached hydrogen (secondary N) is 1. The molecule has 0 bridgehead atoms. The van der Waals surface area contributed by atoms with Crippen LogP contribution in [0.1, 0.15) is 61.2 Å². The van der Waals surface area contributed by atoms with Crippen molar-refractivity contribution in [3.05, 3.63) is 97.8 Å². The molecule has 4 aromatic rings. The van der Waals surface area contributed by atoms with Crippen molar-refractivity contribution in [2.75, 3.05) is 13.7 Å². The number of ether oxygens (including phenoxy) is 1. The summed E-state index contributed by atoms with van der Waals surface area (Å²) in [5.74, 6) is 0.860. The Hall–Kier alpha value is -3.33. The normalized spacial score (nSPS) is 19.5. The summed E-state index contributed by atoms with van der Waals surface area (Å²) in [6, 6.07) is 22.0. The number of carbonyl (C=O) groups excluding carboxylic acids is 1.